The third-order valence-corrected chi connectivity index (χ3v) is 4.07. The number of carbonyl (C=O) groups is 1. The standard InChI is InChI=1S/C18H17ClN2O/c1-11-5-3-4-6-16(11)21-18(22)10-14-12(2)20-17-8-7-13(19)9-15(14)17/h3-9,20H,10H2,1-2H3,(H,21,22). The Kier molecular flexibility index (Phi) is 3.90. The molecule has 0 aliphatic carbocycles. The van der Waals surface area contributed by atoms with Crippen LogP contribution in [0.3, 0.4) is 0 Å². The molecule has 0 bridgehead atoms. The van der Waals surface area contributed by atoms with Crippen LogP contribution in [0.5, 0.6) is 0 Å². The number of anilines is 1. The number of rotatable bonds is 3. The van der Waals surface area contributed by atoms with Crippen molar-refractivity contribution in [1.29, 1.82) is 0 Å². The van der Waals surface area contributed by atoms with Crippen molar-refractivity contribution < 1.29 is 4.79 Å². The predicted molar refractivity (Wildman–Crippen MR) is 91.6 cm³/mol. The molecule has 2 N–H and O–H groups in total. The molecular formula is C18H17ClN2O. The van der Waals surface area contributed by atoms with Gasteiger partial charge in [0, 0.05) is 27.3 Å². The van der Waals surface area contributed by atoms with Crippen LogP contribution in [-0.2, 0) is 11.2 Å². The zero-order valence-corrected chi connectivity index (χ0v) is 13.3. The summed E-state index contributed by atoms with van der Waals surface area (Å²) in [6.07, 6.45) is 0.320. The molecule has 0 fully saturated rings. The Morgan fingerprint density at radius 1 is 1.18 bits per heavy atom. The molecule has 3 aromatic rings. The maximum atomic E-state index is 12.4. The number of H-pyrrole nitrogens is 1. The van der Waals surface area contributed by atoms with E-state index in [-0.39, 0.29) is 5.91 Å². The summed E-state index contributed by atoms with van der Waals surface area (Å²) in [4.78, 5) is 15.7. The zero-order chi connectivity index (χ0) is 15.7. The Labute approximate surface area is 134 Å². The fraction of sp³-hybridized carbons (Fsp3) is 0.167. The van der Waals surface area contributed by atoms with E-state index in [1.807, 2.05) is 56.3 Å². The van der Waals surface area contributed by atoms with Crippen LogP contribution in [0.25, 0.3) is 10.9 Å². The van der Waals surface area contributed by atoms with Crippen molar-refractivity contribution >= 4 is 34.1 Å². The van der Waals surface area contributed by atoms with Crippen molar-refractivity contribution in [3.8, 4) is 0 Å². The minimum absolute atomic E-state index is 0.0294. The molecule has 3 rings (SSSR count). The van der Waals surface area contributed by atoms with Crippen LogP contribution in [0.4, 0.5) is 5.69 Å². The zero-order valence-electron chi connectivity index (χ0n) is 12.5. The first-order valence-electron chi connectivity index (χ1n) is 7.17. The van der Waals surface area contributed by atoms with Gasteiger partial charge in [-0.2, -0.15) is 0 Å². The second kappa shape index (κ2) is 5.85. The number of amides is 1. The van der Waals surface area contributed by atoms with Gasteiger partial charge in [-0.3, -0.25) is 4.79 Å². The highest BCUT2D eigenvalue weighted by Crippen LogP contribution is 2.26. The molecule has 0 saturated heterocycles. The molecule has 2 aromatic carbocycles. The molecule has 3 nitrogen and oxygen atoms in total. The van der Waals surface area contributed by atoms with E-state index in [2.05, 4.69) is 10.3 Å². The molecule has 0 saturated carbocycles. The van der Waals surface area contributed by atoms with Crippen LogP contribution < -0.4 is 5.32 Å². The lowest BCUT2D eigenvalue weighted by atomic mass is 10.1. The normalized spacial score (nSPS) is 10.9. The maximum absolute atomic E-state index is 12.4. The summed E-state index contributed by atoms with van der Waals surface area (Å²) in [5.74, 6) is -0.0294. The number of hydrogen-bond acceptors (Lipinski definition) is 1. The Hall–Kier alpha value is -2.26. The fourth-order valence-corrected chi connectivity index (χ4v) is 2.82. The first-order chi connectivity index (χ1) is 10.5. The summed E-state index contributed by atoms with van der Waals surface area (Å²) >= 11 is 6.07. The number of aryl methyl sites for hydroxylation is 2. The van der Waals surface area contributed by atoms with E-state index in [4.69, 9.17) is 11.6 Å². The van der Waals surface area contributed by atoms with Crippen molar-refractivity contribution in [2.24, 2.45) is 0 Å². The molecule has 1 aromatic heterocycles. The average Bonchev–Trinajstić information content (AvgIpc) is 2.77. The molecule has 112 valence electrons. The largest absolute Gasteiger partial charge is 0.358 e. The third kappa shape index (κ3) is 2.85. The van der Waals surface area contributed by atoms with Crippen LogP contribution in [0, 0.1) is 13.8 Å². The van der Waals surface area contributed by atoms with Crippen molar-refractivity contribution in [3.63, 3.8) is 0 Å². The first kappa shape index (κ1) is 14.7. The number of para-hydroxylation sites is 1. The van der Waals surface area contributed by atoms with E-state index >= 15 is 0 Å². The quantitative estimate of drug-likeness (QED) is 0.728. The first-order valence-corrected chi connectivity index (χ1v) is 7.54. The van der Waals surface area contributed by atoms with Crippen molar-refractivity contribution in [2.75, 3.05) is 5.32 Å². The minimum atomic E-state index is -0.0294. The lowest BCUT2D eigenvalue weighted by molar-refractivity contribution is -0.115. The third-order valence-electron chi connectivity index (χ3n) is 3.84. The molecule has 1 amide bonds. The number of benzene rings is 2. The van der Waals surface area contributed by atoms with Crippen molar-refractivity contribution in [2.45, 2.75) is 20.3 Å². The number of hydrogen-bond donors (Lipinski definition) is 2. The maximum Gasteiger partial charge on any atom is 0.228 e. The minimum Gasteiger partial charge on any atom is -0.358 e. The summed E-state index contributed by atoms with van der Waals surface area (Å²) in [6, 6.07) is 13.4. The summed E-state index contributed by atoms with van der Waals surface area (Å²) < 4.78 is 0. The second-order valence-corrected chi connectivity index (χ2v) is 5.89. The number of aromatic nitrogens is 1. The fourth-order valence-electron chi connectivity index (χ4n) is 2.65. The average molecular weight is 313 g/mol. The highest BCUT2D eigenvalue weighted by molar-refractivity contribution is 6.31. The van der Waals surface area contributed by atoms with Gasteiger partial charge in [-0.25, -0.2) is 0 Å². The smallest absolute Gasteiger partial charge is 0.228 e. The van der Waals surface area contributed by atoms with E-state index < -0.39 is 0 Å². The van der Waals surface area contributed by atoms with Gasteiger partial charge in [-0.15, -0.1) is 0 Å². The van der Waals surface area contributed by atoms with E-state index in [1.165, 1.54) is 0 Å². The Morgan fingerprint density at radius 2 is 1.95 bits per heavy atom. The summed E-state index contributed by atoms with van der Waals surface area (Å²) in [6.45, 7) is 3.95. The Morgan fingerprint density at radius 3 is 2.73 bits per heavy atom. The van der Waals surface area contributed by atoms with Gasteiger partial charge in [0.1, 0.15) is 0 Å². The molecule has 22 heavy (non-hydrogen) atoms. The van der Waals surface area contributed by atoms with E-state index in [0.717, 1.165) is 33.4 Å². The van der Waals surface area contributed by atoms with Gasteiger partial charge in [0.2, 0.25) is 5.91 Å². The summed E-state index contributed by atoms with van der Waals surface area (Å²) in [5.41, 5.74) is 4.89. The Bertz CT molecular complexity index is 851. The van der Waals surface area contributed by atoms with Gasteiger partial charge in [0.05, 0.1) is 6.42 Å². The second-order valence-electron chi connectivity index (χ2n) is 5.46. The van der Waals surface area contributed by atoms with Crippen LogP contribution in [0.1, 0.15) is 16.8 Å². The monoisotopic (exact) mass is 312 g/mol. The van der Waals surface area contributed by atoms with Crippen LogP contribution >= 0.6 is 11.6 Å². The molecule has 1 heterocycles. The molecular weight excluding hydrogens is 296 g/mol. The highest BCUT2D eigenvalue weighted by atomic mass is 35.5. The number of halogens is 1. The molecule has 0 aliphatic heterocycles. The number of fused-ring (bicyclic) bond motifs is 1. The van der Waals surface area contributed by atoms with Crippen molar-refractivity contribution in [3.05, 3.63) is 64.3 Å². The van der Waals surface area contributed by atoms with E-state index in [0.29, 0.717) is 11.4 Å². The molecule has 0 spiro atoms. The number of nitrogens with one attached hydrogen (secondary N) is 2. The van der Waals surface area contributed by atoms with Crippen molar-refractivity contribution in [1.82, 2.24) is 4.98 Å². The highest BCUT2D eigenvalue weighted by Gasteiger charge is 2.13. The van der Waals surface area contributed by atoms with E-state index in [1.54, 1.807) is 0 Å². The van der Waals surface area contributed by atoms with Gasteiger partial charge in [-0.05, 0) is 49.2 Å². The molecule has 0 aliphatic rings. The van der Waals surface area contributed by atoms with Gasteiger partial charge < -0.3 is 10.3 Å². The number of carbonyl (C=O) groups excluding carboxylic acids is 1. The molecule has 4 heteroatoms. The molecule has 0 radical (unpaired) electrons. The molecule has 0 unspecified atom stereocenters. The van der Waals surface area contributed by atoms with Gasteiger partial charge in [0.15, 0.2) is 0 Å². The van der Waals surface area contributed by atoms with Crippen LogP contribution in [0.2, 0.25) is 5.02 Å². The predicted octanol–water partition coefficient (Wildman–Crippen LogP) is 4.62. The lowest BCUT2D eigenvalue weighted by Crippen LogP contribution is -2.15. The van der Waals surface area contributed by atoms with Crippen LogP contribution in [0.15, 0.2) is 42.5 Å². The summed E-state index contributed by atoms with van der Waals surface area (Å²) in [7, 11) is 0. The van der Waals surface area contributed by atoms with Gasteiger partial charge in [-0.1, -0.05) is 29.8 Å². The SMILES string of the molecule is Cc1ccccc1NC(=O)Cc1c(C)[nH]c2ccc(Cl)cc12. The Balaban J connectivity index is 1.87. The summed E-state index contributed by atoms with van der Waals surface area (Å²) in [5, 5.41) is 4.65. The lowest BCUT2D eigenvalue weighted by Gasteiger charge is -2.08. The number of aromatic amines is 1. The van der Waals surface area contributed by atoms with Gasteiger partial charge in [0.25, 0.3) is 0 Å². The topological polar surface area (TPSA) is 44.9 Å². The van der Waals surface area contributed by atoms with E-state index in [9.17, 15) is 4.79 Å². The van der Waals surface area contributed by atoms with Gasteiger partial charge >= 0.3 is 0 Å². The van der Waals surface area contributed by atoms with Crippen LogP contribution in [-0.4, -0.2) is 10.9 Å². The molecule has 0 atom stereocenters.